The number of carboxylic acid groups (broad SMARTS) is 1. The Morgan fingerprint density at radius 2 is 1.89 bits per heavy atom. The van der Waals surface area contributed by atoms with Crippen LogP contribution in [-0.4, -0.2) is 33.4 Å². The number of carbonyl (C=O) groups is 2. The van der Waals surface area contributed by atoms with Gasteiger partial charge >= 0.3 is 12.1 Å². The van der Waals surface area contributed by atoms with Crippen LogP contribution in [0.2, 0.25) is 0 Å². The van der Waals surface area contributed by atoms with E-state index in [1.54, 1.807) is 20.8 Å². The molecule has 1 aromatic heterocycles. The molecular weight excluding hydrogens is 248 g/mol. The molecule has 0 saturated heterocycles. The minimum Gasteiger partial charge on any atom is -0.480 e. The van der Waals surface area contributed by atoms with Gasteiger partial charge in [-0.05, 0) is 39.3 Å². The summed E-state index contributed by atoms with van der Waals surface area (Å²) in [6.45, 7) is 5.69. The maximum absolute atomic E-state index is 11.5. The van der Waals surface area contributed by atoms with Gasteiger partial charge in [0.15, 0.2) is 0 Å². The highest BCUT2D eigenvalue weighted by molar-refractivity contribution is 5.79. The van der Waals surface area contributed by atoms with Crippen molar-refractivity contribution in [1.29, 1.82) is 0 Å². The van der Waals surface area contributed by atoms with E-state index in [0.29, 0.717) is 13.0 Å². The number of ether oxygens (including phenoxy) is 1. The quantitative estimate of drug-likeness (QED) is 0.854. The first-order valence-corrected chi connectivity index (χ1v) is 6.11. The Labute approximate surface area is 112 Å². The Morgan fingerprint density at radius 3 is 2.37 bits per heavy atom. The molecule has 6 nitrogen and oxygen atoms in total. The van der Waals surface area contributed by atoms with Gasteiger partial charge in [-0.3, -0.25) is 0 Å². The van der Waals surface area contributed by atoms with Crippen molar-refractivity contribution in [2.75, 3.05) is 0 Å². The molecule has 1 amide bonds. The minimum atomic E-state index is -1.07. The van der Waals surface area contributed by atoms with Crippen molar-refractivity contribution in [1.82, 2.24) is 9.88 Å². The zero-order chi connectivity index (χ0) is 14.5. The number of alkyl carbamates (subject to hydrolysis) is 1. The summed E-state index contributed by atoms with van der Waals surface area (Å²) >= 11 is 0. The van der Waals surface area contributed by atoms with E-state index in [9.17, 15) is 9.59 Å². The molecule has 1 atom stereocenters. The summed E-state index contributed by atoms with van der Waals surface area (Å²) in [7, 11) is 0. The fourth-order valence-corrected chi connectivity index (χ4v) is 1.50. The van der Waals surface area contributed by atoms with Crippen LogP contribution in [0.3, 0.4) is 0 Å². The van der Waals surface area contributed by atoms with Crippen LogP contribution in [0.25, 0.3) is 0 Å². The first kappa shape index (κ1) is 15.1. The van der Waals surface area contributed by atoms with Gasteiger partial charge in [-0.2, -0.15) is 0 Å². The average molecular weight is 268 g/mol. The van der Waals surface area contributed by atoms with Gasteiger partial charge < -0.3 is 19.7 Å². The third-order valence-electron chi connectivity index (χ3n) is 2.33. The summed E-state index contributed by atoms with van der Waals surface area (Å²) in [5.41, 5.74) is -0.645. The smallest absolute Gasteiger partial charge is 0.408 e. The van der Waals surface area contributed by atoms with Gasteiger partial charge in [-0.15, -0.1) is 0 Å². The lowest BCUT2D eigenvalue weighted by Crippen LogP contribution is -2.43. The van der Waals surface area contributed by atoms with Crippen LogP contribution in [0.1, 0.15) is 27.2 Å². The summed E-state index contributed by atoms with van der Waals surface area (Å²) < 4.78 is 6.89. The number of carboxylic acids is 1. The maximum Gasteiger partial charge on any atom is 0.408 e. The number of rotatable bonds is 5. The molecule has 2 N–H and O–H groups in total. The SMILES string of the molecule is CC(C)(C)OC(=O)N[C@@H](CCn1cccc1)C(=O)O. The van der Waals surface area contributed by atoms with E-state index in [1.807, 2.05) is 29.1 Å². The van der Waals surface area contributed by atoms with Crippen LogP contribution in [-0.2, 0) is 16.1 Å². The molecule has 1 rings (SSSR count). The number of aliphatic carboxylic acids is 1. The van der Waals surface area contributed by atoms with Gasteiger partial charge in [0.1, 0.15) is 11.6 Å². The molecule has 0 aliphatic rings. The molecule has 0 bridgehead atoms. The number of nitrogens with one attached hydrogen (secondary N) is 1. The monoisotopic (exact) mass is 268 g/mol. The van der Waals surface area contributed by atoms with Crippen LogP contribution >= 0.6 is 0 Å². The molecule has 0 radical (unpaired) electrons. The second-order valence-corrected chi connectivity index (χ2v) is 5.25. The number of amides is 1. The van der Waals surface area contributed by atoms with E-state index in [1.165, 1.54) is 0 Å². The molecule has 0 fully saturated rings. The lowest BCUT2D eigenvalue weighted by atomic mass is 10.2. The topological polar surface area (TPSA) is 80.6 Å². The van der Waals surface area contributed by atoms with Crippen molar-refractivity contribution < 1.29 is 19.4 Å². The second kappa shape index (κ2) is 6.26. The standard InChI is InChI=1S/C13H20N2O4/c1-13(2,3)19-12(18)14-10(11(16)17)6-9-15-7-4-5-8-15/h4-5,7-8,10H,6,9H2,1-3H3,(H,14,18)(H,16,17)/t10-/m0/s1. The Hall–Kier alpha value is -1.98. The van der Waals surface area contributed by atoms with Crippen LogP contribution in [0.5, 0.6) is 0 Å². The first-order valence-electron chi connectivity index (χ1n) is 6.11. The van der Waals surface area contributed by atoms with Crippen LogP contribution in [0, 0.1) is 0 Å². The van der Waals surface area contributed by atoms with E-state index < -0.39 is 23.7 Å². The molecular formula is C13H20N2O4. The highest BCUT2D eigenvalue weighted by Gasteiger charge is 2.23. The van der Waals surface area contributed by atoms with Crippen molar-refractivity contribution in [2.24, 2.45) is 0 Å². The van der Waals surface area contributed by atoms with Gasteiger partial charge in [-0.1, -0.05) is 0 Å². The number of carbonyl (C=O) groups excluding carboxylic acids is 1. The fraction of sp³-hybridized carbons (Fsp3) is 0.538. The summed E-state index contributed by atoms with van der Waals surface area (Å²) in [5, 5.41) is 11.4. The van der Waals surface area contributed by atoms with Crippen molar-refractivity contribution >= 4 is 12.1 Å². The predicted molar refractivity (Wildman–Crippen MR) is 69.8 cm³/mol. The van der Waals surface area contributed by atoms with Crippen molar-refractivity contribution in [2.45, 2.75) is 45.4 Å². The summed E-state index contributed by atoms with van der Waals surface area (Å²) in [4.78, 5) is 22.6. The van der Waals surface area contributed by atoms with Crippen LogP contribution in [0.15, 0.2) is 24.5 Å². The fourth-order valence-electron chi connectivity index (χ4n) is 1.50. The third kappa shape index (κ3) is 5.94. The zero-order valence-electron chi connectivity index (χ0n) is 11.4. The van der Waals surface area contributed by atoms with Crippen molar-refractivity contribution in [3.63, 3.8) is 0 Å². The van der Waals surface area contributed by atoms with E-state index in [0.717, 1.165) is 0 Å². The van der Waals surface area contributed by atoms with Crippen molar-refractivity contribution in [3.8, 4) is 0 Å². The van der Waals surface area contributed by atoms with Gasteiger partial charge in [0.05, 0.1) is 0 Å². The van der Waals surface area contributed by atoms with Crippen LogP contribution < -0.4 is 5.32 Å². The molecule has 1 heterocycles. The molecule has 0 saturated carbocycles. The van der Waals surface area contributed by atoms with E-state index in [4.69, 9.17) is 9.84 Å². The molecule has 0 aliphatic heterocycles. The van der Waals surface area contributed by atoms with Gasteiger partial charge in [-0.25, -0.2) is 9.59 Å². The predicted octanol–water partition coefficient (Wildman–Crippen LogP) is 1.86. The van der Waals surface area contributed by atoms with E-state index >= 15 is 0 Å². The molecule has 19 heavy (non-hydrogen) atoms. The summed E-state index contributed by atoms with van der Waals surface area (Å²) in [6.07, 6.45) is 3.26. The van der Waals surface area contributed by atoms with Gasteiger partial charge in [0.25, 0.3) is 0 Å². The lowest BCUT2D eigenvalue weighted by molar-refractivity contribution is -0.139. The molecule has 0 aliphatic carbocycles. The molecule has 0 aromatic carbocycles. The largest absolute Gasteiger partial charge is 0.480 e. The molecule has 0 unspecified atom stereocenters. The second-order valence-electron chi connectivity index (χ2n) is 5.25. The normalized spacial score (nSPS) is 12.8. The molecule has 106 valence electrons. The van der Waals surface area contributed by atoms with E-state index in [-0.39, 0.29) is 0 Å². The molecule has 6 heteroatoms. The number of aryl methyl sites for hydroxylation is 1. The Bertz CT molecular complexity index is 420. The number of hydrogen-bond donors (Lipinski definition) is 2. The van der Waals surface area contributed by atoms with Crippen molar-refractivity contribution in [3.05, 3.63) is 24.5 Å². The first-order chi connectivity index (χ1) is 8.78. The molecule has 1 aromatic rings. The van der Waals surface area contributed by atoms with Gasteiger partial charge in [0, 0.05) is 18.9 Å². The number of hydrogen-bond acceptors (Lipinski definition) is 3. The summed E-state index contributed by atoms with van der Waals surface area (Å²) in [5.74, 6) is -1.07. The van der Waals surface area contributed by atoms with Crippen LogP contribution in [0.4, 0.5) is 4.79 Å². The minimum absolute atomic E-state index is 0.295. The Balaban J connectivity index is 2.49. The Morgan fingerprint density at radius 1 is 1.32 bits per heavy atom. The zero-order valence-corrected chi connectivity index (χ0v) is 11.4. The Kier molecular flexibility index (Phi) is 4.97. The molecule has 0 spiro atoms. The third-order valence-corrected chi connectivity index (χ3v) is 2.33. The number of nitrogens with zero attached hydrogens (tertiary/aromatic N) is 1. The lowest BCUT2D eigenvalue weighted by Gasteiger charge is -2.22. The maximum atomic E-state index is 11.5. The highest BCUT2D eigenvalue weighted by Crippen LogP contribution is 2.07. The summed E-state index contributed by atoms with van der Waals surface area (Å²) in [6, 6.07) is 2.76. The average Bonchev–Trinajstić information content (AvgIpc) is 2.73. The van der Waals surface area contributed by atoms with E-state index in [2.05, 4.69) is 5.32 Å². The van der Waals surface area contributed by atoms with Gasteiger partial charge in [0.2, 0.25) is 0 Å². The highest BCUT2D eigenvalue weighted by atomic mass is 16.6. The number of aromatic nitrogens is 1.